The van der Waals surface area contributed by atoms with Crippen molar-refractivity contribution in [2.75, 3.05) is 12.1 Å². The molecule has 1 heterocycles. The van der Waals surface area contributed by atoms with Crippen molar-refractivity contribution in [2.45, 2.75) is 19.8 Å². The van der Waals surface area contributed by atoms with E-state index in [1.54, 1.807) is 30.3 Å². The molecule has 1 amide bonds. The van der Waals surface area contributed by atoms with E-state index >= 15 is 0 Å². The van der Waals surface area contributed by atoms with Crippen LogP contribution in [0.15, 0.2) is 42.5 Å². The van der Waals surface area contributed by atoms with Crippen molar-refractivity contribution < 1.29 is 19.1 Å². The lowest BCUT2D eigenvalue weighted by atomic mass is 10.0. The summed E-state index contributed by atoms with van der Waals surface area (Å²) in [6, 6.07) is 12.5. The minimum absolute atomic E-state index is 0.0363. The summed E-state index contributed by atoms with van der Waals surface area (Å²) >= 11 is 0. The number of nitrogens with one attached hydrogen (secondary N) is 1. The molecule has 2 aromatic carbocycles. The molecule has 0 radical (unpaired) electrons. The molecule has 3 rings (SSSR count). The molecule has 0 aromatic heterocycles. The Morgan fingerprint density at radius 2 is 1.74 bits per heavy atom. The zero-order valence-corrected chi connectivity index (χ0v) is 12.8. The average molecular weight is 311 g/mol. The third-order valence-corrected chi connectivity index (χ3v) is 3.61. The quantitative estimate of drug-likeness (QED) is 0.860. The molecule has 0 saturated heterocycles. The fourth-order valence-electron chi connectivity index (χ4n) is 2.31. The first-order chi connectivity index (χ1) is 11.1. The fourth-order valence-corrected chi connectivity index (χ4v) is 2.31. The van der Waals surface area contributed by atoms with Gasteiger partial charge in [-0.25, -0.2) is 0 Å². The number of ketones is 1. The maximum Gasteiger partial charge on any atom is 0.231 e. The van der Waals surface area contributed by atoms with Gasteiger partial charge in [0.05, 0.1) is 0 Å². The van der Waals surface area contributed by atoms with Gasteiger partial charge in [-0.3, -0.25) is 9.59 Å². The first-order valence-corrected chi connectivity index (χ1v) is 7.41. The van der Waals surface area contributed by atoms with Gasteiger partial charge in [-0.05, 0) is 19.1 Å². The van der Waals surface area contributed by atoms with E-state index < -0.39 is 0 Å². The average Bonchev–Trinajstić information content (AvgIpc) is 3.01. The molecule has 0 saturated carbocycles. The van der Waals surface area contributed by atoms with Crippen LogP contribution in [0.4, 0.5) is 5.69 Å². The molecule has 1 aliphatic heterocycles. The van der Waals surface area contributed by atoms with Crippen molar-refractivity contribution in [2.24, 2.45) is 0 Å². The van der Waals surface area contributed by atoms with Crippen molar-refractivity contribution >= 4 is 17.4 Å². The number of carbonyl (C=O) groups excluding carboxylic acids is 2. The van der Waals surface area contributed by atoms with Crippen LogP contribution in [0.5, 0.6) is 11.5 Å². The van der Waals surface area contributed by atoms with E-state index in [9.17, 15) is 9.59 Å². The highest BCUT2D eigenvalue weighted by Crippen LogP contribution is 2.34. The Morgan fingerprint density at radius 1 is 1.00 bits per heavy atom. The van der Waals surface area contributed by atoms with Gasteiger partial charge in [-0.1, -0.05) is 29.8 Å². The number of hydrogen-bond donors (Lipinski definition) is 1. The molecule has 1 N–H and O–H groups in total. The van der Waals surface area contributed by atoms with Crippen LogP contribution >= 0.6 is 0 Å². The molecule has 1 aliphatic rings. The zero-order valence-electron chi connectivity index (χ0n) is 12.8. The van der Waals surface area contributed by atoms with Crippen LogP contribution in [0.3, 0.4) is 0 Å². The number of ether oxygens (including phenoxy) is 2. The van der Waals surface area contributed by atoms with Gasteiger partial charge in [0.15, 0.2) is 17.3 Å². The summed E-state index contributed by atoms with van der Waals surface area (Å²) in [6.07, 6.45) is 0.320. The molecule has 0 spiro atoms. The van der Waals surface area contributed by atoms with Crippen molar-refractivity contribution in [3.8, 4) is 11.5 Å². The summed E-state index contributed by atoms with van der Waals surface area (Å²) < 4.78 is 10.5. The van der Waals surface area contributed by atoms with Crippen molar-refractivity contribution in [3.05, 3.63) is 53.6 Å². The van der Waals surface area contributed by atoms with Crippen LogP contribution in [0, 0.1) is 6.92 Å². The number of anilines is 1. The SMILES string of the molecule is Cc1ccc(C(=O)CCC(=O)Nc2ccc3c(c2)OCO3)cc1. The summed E-state index contributed by atoms with van der Waals surface area (Å²) in [4.78, 5) is 24.0. The van der Waals surface area contributed by atoms with Gasteiger partial charge in [-0.2, -0.15) is 0 Å². The highest BCUT2D eigenvalue weighted by atomic mass is 16.7. The van der Waals surface area contributed by atoms with E-state index in [4.69, 9.17) is 9.47 Å². The van der Waals surface area contributed by atoms with Gasteiger partial charge in [0, 0.05) is 30.2 Å². The van der Waals surface area contributed by atoms with Crippen molar-refractivity contribution in [1.29, 1.82) is 0 Å². The number of rotatable bonds is 5. The van der Waals surface area contributed by atoms with Crippen LogP contribution < -0.4 is 14.8 Å². The van der Waals surface area contributed by atoms with Crippen LogP contribution in [-0.4, -0.2) is 18.5 Å². The molecule has 2 aromatic rings. The van der Waals surface area contributed by atoms with E-state index in [0.717, 1.165) is 5.56 Å². The number of hydrogen-bond acceptors (Lipinski definition) is 4. The standard InChI is InChI=1S/C18H17NO4/c1-12-2-4-13(5-3-12)15(20)7-9-18(21)19-14-6-8-16-17(10-14)23-11-22-16/h2-6,8,10H,7,9,11H2,1H3,(H,19,21). The molecular formula is C18H17NO4. The largest absolute Gasteiger partial charge is 0.454 e. The Hall–Kier alpha value is -2.82. The lowest BCUT2D eigenvalue weighted by Gasteiger charge is -2.06. The maximum atomic E-state index is 12.0. The van der Waals surface area contributed by atoms with Crippen LogP contribution in [0.25, 0.3) is 0 Å². The summed E-state index contributed by atoms with van der Waals surface area (Å²) in [6.45, 7) is 2.16. The second-order valence-corrected chi connectivity index (χ2v) is 5.41. The van der Waals surface area contributed by atoms with Crippen molar-refractivity contribution in [3.63, 3.8) is 0 Å². The zero-order chi connectivity index (χ0) is 16.2. The highest BCUT2D eigenvalue weighted by molar-refractivity contribution is 6.00. The molecule has 0 atom stereocenters. The lowest BCUT2D eigenvalue weighted by molar-refractivity contribution is -0.116. The molecule has 23 heavy (non-hydrogen) atoms. The van der Waals surface area contributed by atoms with Gasteiger partial charge in [0.1, 0.15) is 0 Å². The predicted octanol–water partition coefficient (Wildman–Crippen LogP) is 3.33. The summed E-state index contributed by atoms with van der Waals surface area (Å²) in [7, 11) is 0. The number of fused-ring (bicyclic) bond motifs is 1. The van der Waals surface area contributed by atoms with E-state index in [-0.39, 0.29) is 31.3 Å². The molecular weight excluding hydrogens is 294 g/mol. The normalized spacial score (nSPS) is 12.0. The van der Waals surface area contributed by atoms with E-state index in [2.05, 4.69) is 5.32 Å². The van der Waals surface area contributed by atoms with Gasteiger partial charge >= 0.3 is 0 Å². The molecule has 0 bridgehead atoms. The van der Waals surface area contributed by atoms with Gasteiger partial charge in [0.25, 0.3) is 0 Å². The molecule has 0 unspecified atom stereocenters. The monoisotopic (exact) mass is 311 g/mol. The Morgan fingerprint density at radius 3 is 2.52 bits per heavy atom. The minimum Gasteiger partial charge on any atom is -0.454 e. The van der Waals surface area contributed by atoms with Crippen molar-refractivity contribution in [1.82, 2.24) is 0 Å². The fraction of sp³-hybridized carbons (Fsp3) is 0.222. The van der Waals surface area contributed by atoms with Crippen LogP contribution in [0.2, 0.25) is 0 Å². The predicted molar refractivity (Wildman–Crippen MR) is 85.9 cm³/mol. The maximum absolute atomic E-state index is 12.0. The number of benzene rings is 2. The Labute approximate surface area is 134 Å². The number of carbonyl (C=O) groups is 2. The third-order valence-electron chi connectivity index (χ3n) is 3.61. The van der Waals surface area contributed by atoms with Crippen LogP contribution in [-0.2, 0) is 4.79 Å². The number of aryl methyl sites for hydroxylation is 1. The van der Waals surface area contributed by atoms with E-state index in [1.807, 2.05) is 19.1 Å². The third kappa shape index (κ3) is 3.69. The lowest BCUT2D eigenvalue weighted by Crippen LogP contribution is -2.13. The Balaban J connectivity index is 1.53. The highest BCUT2D eigenvalue weighted by Gasteiger charge is 2.14. The molecule has 5 nitrogen and oxygen atoms in total. The second-order valence-electron chi connectivity index (χ2n) is 5.41. The number of amides is 1. The summed E-state index contributed by atoms with van der Waals surface area (Å²) in [5.74, 6) is 1.03. The topological polar surface area (TPSA) is 64.6 Å². The summed E-state index contributed by atoms with van der Waals surface area (Å²) in [5, 5.41) is 2.76. The Kier molecular flexibility index (Phi) is 4.28. The smallest absolute Gasteiger partial charge is 0.231 e. The van der Waals surface area contributed by atoms with E-state index in [0.29, 0.717) is 22.7 Å². The Bertz CT molecular complexity index is 737. The molecule has 0 aliphatic carbocycles. The van der Waals surface area contributed by atoms with Gasteiger partial charge in [-0.15, -0.1) is 0 Å². The van der Waals surface area contributed by atoms with Crippen LogP contribution in [0.1, 0.15) is 28.8 Å². The minimum atomic E-state index is -0.204. The van der Waals surface area contributed by atoms with E-state index in [1.165, 1.54) is 0 Å². The first kappa shape index (κ1) is 15.1. The second kappa shape index (κ2) is 6.52. The molecule has 5 heteroatoms. The van der Waals surface area contributed by atoms with Gasteiger partial charge in [0.2, 0.25) is 12.7 Å². The number of Topliss-reactive ketones (excluding diaryl/α,β-unsaturated/α-hetero) is 1. The molecule has 0 fully saturated rings. The molecule has 118 valence electrons. The van der Waals surface area contributed by atoms with Gasteiger partial charge < -0.3 is 14.8 Å². The summed E-state index contributed by atoms with van der Waals surface area (Å²) in [5.41, 5.74) is 2.36. The first-order valence-electron chi connectivity index (χ1n) is 7.41.